The van der Waals surface area contributed by atoms with Gasteiger partial charge in [-0.3, -0.25) is 4.79 Å². The number of benzene rings is 3. The molecule has 0 aliphatic carbocycles. The molecule has 0 aliphatic rings. The van der Waals surface area contributed by atoms with Crippen molar-refractivity contribution in [3.63, 3.8) is 0 Å². The topological polar surface area (TPSA) is 59.3 Å². The van der Waals surface area contributed by atoms with Crippen molar-refractivity contribution < 1.29 is 9.21 Å². The number of nitrogens with one attached hydrogen (secondary N) is 1. The van der Waals surface area contributed by atoms with Crippen LogP contribution in [0.25, 0.3) is 11.0 Å². The fourth-order valence-electron chi connectivity index (χ4n) is 2.72. The maximum atomic E-state index is 12.8. The number of para-hydroxylation sites is 1. The quantitative estimate of drug-likeness (QED) is 0.431. The second-order valence-electron chi connectivity index (χ2n) is 6.00. The van der Waals surface area contributed by atoms with Crippen LogP contribution in [0.3, 0.4) is 0 Å². The predicted octanol–water partition coefficient (Wildman–Crippen LogP) is 5.85. The van der Waals surface area contributed by atoms with E-state index in [2.05, 4.69) is 5.32 Å². The van der Waals surface area contributed by atoms with Gasteiger partial charge in [0, 0.05) is 20.2 Å². The minimum Gasteiger partial charge on any atom is -0.422 e. The van der Waals surface area contributed by atoms with E-state index in [0.717, 1.165) is 9.79 Å². The summed E-state index contributed by atoms with van der Waals surface area (Å²) in [6.45, 7) is 0. The van der Waals surface area contributed by atoms with Gasteiger partial charge in [0.05, 0.1) is 5.69 Å². The summed E-state index contributed by atoms with van der Waals surface area (Å²) in [7, 11) is 0. The lowest BCUT2D eigenvalue weighted by Gasteiger charge is -2.10. The fourth-order valence-corrected chi connectivity index (χ4v) is 3.82. The van der Waals surface area contributed by atoms with E-state index in [1.807, 2.05) is 48.5 Å². The highest BCUT2D eigenvalue weighted by Crippen LogP contribution is 2.33. The number of carbonyl (C=O) groups excluding carboxylic acids is 1. The smallest absolute Gasteiger partial charge is 0.349 e. The SMILES string of the molecule is O=C(Nc1ccccc1Sc1ccccc1)c1cc2cc(Cl)ccc2oc1=O. The van der Waals surface area contributed by atoms with Crippen molar-refractivity contribution in [1.82, 2.24) is 0 Å². The molecule has 0 unspecified atom stereocenters. The third kappa shape index (κ3) is 3.96. The van der Waals surface area contributed by atoms with E-state index in [4.69, 9.17) is 16.0 Å². The molecule has 0 saturated carbocycles. The molecule has 1 heterocycles. The monoisotopic (exact) mass is 407 g/mol. The number of anilines is 1. The van der Waals surface area contributed by atoms with Crippen molar-refractivity contribution in [1.29, 1.82) is 0 Å². The summed E-state index contributed by atoms with van der Waals surface area (Å²) >= 11 is 7.52. The molecule has 0 saturated heterocycles. The molecular formula is C22H14ClNO3S. The third-order valence-corrected chi connectivity index (χ3v) is 5.36. The van der Waals surface area contributed by atoms with Gasteiger partial charge in [0.1, 0.15) is 11.1 Å². The van der Waals surface area contributed by atoms with Crippen molar-refractivity contribution in [2.24, 2.45) is 0 Å². The normalized spacial score (nSPS) is 10.8. The van der Waals surface area contributed by atoms with Gasteiger partial charge in [0.15, 0.2) is 0 Å². The highest BCUT2D eigenvalue weighted by molar-refractivity contribution is 7.99. The van der Waals surface area contributed by atoms with Crippen molar-refractivity contribution in [3.05, 3.63) is 99.9 Å². The Bertz CT molecular complexity index is 1220. The molecule has 3 aromatic carbocycles. The molecule has 0 bridgehead atoms. The van der Waals surface area contributed by atoms with E-state index in [0.29, 0.717) is 21.7 Å². The summed E-state index contributed by atoms with van der Waals surface area (Å²) in [5.41, 5.74) is 0.229. The minimum absolute atomic E-state index is 0.0747. The second kappa shape index (κ2) is 7.92. The van der Waals surface area contributed by atoms with Gasteiger partial charge in [0.2, 0.25) is 0 Å². The number of hydrogen-bond donors (Lipinski definition) is 1. The highest BCUT2D eigenvalue weighted by Gasteiger charge is 2.16. The van der Waals surface area contributed by atoms with Gasteiger partial charge in [-0.15, -0.1) is 0 Å². The zero-order chi connectivity index (χ0) is 19.5. The lowest BCUT2D eigenvalue weighted by molar-refractivity contribution is 0.102. The maximum absolute atomic E-state index is 12.8. The van der Waals surface area contributed by atoms with E-state index in [-0.39, 0.29) is 5.56 Å². The van der Waals surface area contributed by atoms with Crippen LogP contribution in [0.2, 0.25) is 5.02 Å². The van der Waals surface area contributed by atoms with E-state index in [9.17, 15) is 9.59 Å². The standard InChI is InChI=1S/C22H14ClNO3S/c23-15-10-11-19-14(12-15)13-17(22(26)27-19)21(25)24-18-8-4-5-9-20(18)28-16-6-2-1-3-7-16/h1-13H,(H,24,25). The van der Waals surface area contributed by atoms with Crippen LogP contribution < -0.4 is 10.9 Å². The summed E-state index contributed by atoms with van der Waals surface area (Å²) in [6, 6.07) is 23.6. The molecule has 0 fully saturated rings. The van der Waals surface area contributed by atoms with Gasteiger partial charge in [-0.25, -0.2) is 4.79 Å². The van der Waals surface area contributed by atoms with Gasteiger partial charge in [-0.2, -0.15) is 0 Å². The first-order chi connectivity index (χ1) is 13.6. The number of amides is 1. The van der Waals surface area contributed by atoms with Crippen LogP contribution in [0.5, 0.6) is 0 Å². The van der Waals surface area contributed by atoms with Crippen molar-refractivity contribution in [2.75, 3.05) is 5.32 Å². The predicted molar refractivity (Wildman–Crippen MR) is 112 cm³/mol. The van der Waals surface area contributed by atoms with Gasteiger partial charge in [0.25, 0.3) is 5.91 Å². The largest absolute Gasteiger partial charge is 0.422 e. The molecule has 28 heavy (non-hydrogen) atoms. The molecule has 4 rings (SSSR count). The third-order valence-electron chi connectivity index (χ3n) is 4.05. The van der Waals surface area contributed by atoms with Crippen molar-refractivity contribution >= 4 is 45.9 Å². The first kappa shape index (κ1) is 18.3. The lowest BCUT2D eigenvalue weighted by Crippen LogP contribution is -2.20. The van der Waals surface area contributed by atoms with E-state index < -0.39 is 11.5 Å². The van der Waals surface area contributed by atoms with Crippen molar-refractivity contribution in [2.45, 2.75) is 9.79 Å². The Morgan fingerprint density at radius 3 is 2.50 bits per heavy atom. The van der Waals surface area contributed by atoms with E-state index in [1.165, 1.54) is 17.8 Å². The summed E-state index contributed by atoms with van der Waals surface area (Å²) in [5, 5.41) is 3.90. The van der Waals surface area contributed by atoms with Crippen LogP contribution in [0.4, 0.5) is 5.69 Å². The van der Waals surface area contributed by atoms with Crippen LogP contribution in [0.15, 0.2) is 97.9 Å². The lowest BCUT2D eigenvalue weighted by atomic mass is 10.1. The molecule has 1 N–H and O–H groups in total. The molecule has 0 spiro atoms. The number of fused-ring (bicyclic) bond motifs is 1. The number of halogens is 1. The van der Waals surface area contributed by atoms with Gasteiger partial charge in [-0.1, -0.05) is 53.7 Å². The van der Waals surface area contributed by atoms with Gasteiger partial charge < -0.3 is 9.73 Å². The summed E-state index contributed by atoms with van der Waals surface area (Å²) in [4.78, 5) is 26.9. The molecule has 0 atom stereocenters. The van der Waals surface area contributed by atoms with E-state index in [1.54, 1.807) is 24.3 Å². The number of hydrogen-bond acceptors (Lipinski definition) is 4. The summed E-state index contributed by atoms with van der Waals surface area (Å²) < 4.78 is 5.25. The van der Waals surface area contributed by atoms with Gasteiger partial charge >= 0.3 is 5.63 Å². The molecule has 138 valence electrons. The Labute approximate surface area is 170 Å². The molecular weight excluding hydrogens is 394 g/mol. The molecule has 6 heteroatoms. The molecule has 4 aromatic rings. The molecule has 4 nitrogen and oxygen atoms in total. The molecule has 1 aromatic heterocycles. The average Bonchev–Trinajstić information content (AvgIpc) is 2.70. The Kier molecular flexibility index (Phi) is 5.19. The van der Waals surface area contributed by atoms with Crippen LogP contribution in [0, 0.1) is 0 Å². The number of carbonyl (C=O) groups is 1. The van der Waals surface area contributed by atoms with Gasteiger partial charge in [-0.05, 0) is 48.5 Å². The number of rotatable bonds is 4. The fraction of sp³-hybridized carbons (Fsp3) is 0. The first-order valence-electron chi connectivity index (χ1n) is 8.47. The second-order valence-corrected chi connectivity index (χ2v) is 7.55. The summed E-state index contributed by atoms with van der Waals surface area (Å²) in [5.74, 6) is -0.531. The van der Waals surface area contributed by atoms with E-state index >= 15 is 0 Å². The van der Waals surface area contributed by atoms with Crippen LogP contribution in [0.1, 0.15) is 10.4 Å². The summed E-state index contributed by atoms with van der Waals surface area (Å²) in [6.07, 6.45) is 0. The Hall–Kier alpha value is -3.02. The zero-order valence-electron chi connectivity index (χ0n) is 14.5. The minimum atomic E-state index is -0.694. The Balaban J connectivity index is 1.65. The first-order valence-corrected chi connectivity index (χ1v) is 9.66. The maximum Gasteiger partial charge on any atom is 0.349 e. The van der Waals surface area contributed by atoms with Crippen LogP contribution in [-0.4, -0.2) is 5.91 Å². The van der Waals surface area contributed by atoms with Crippen LogP contribution >= 0.6 is 23.4 Å². The molecule has 0 aliphatic heterocycles. The molecule has 0 radical (unpaired) electrons. The Morgan fingerprint density at radius 1 is 0.929 bits per heavy atom. The Morgan fingerprint density at radius 2 is 1.68 bits per heavy atom. The zero-order valence-corrected chi connectivity index (χ0v) is 16.1. The molecule has 1 amide bonds. The highest BCUT2D eigenvalue weighted by atomic mass is 35.5. The van der Waals surface area contributed by atoms with Crippen LogP contribution in [-0.2, 0) is 0 Å². The van der Waals surface area contributed by atoms with Crippen molar-refractivity contribution in [3.8, 4) is 0 Å². The average molecular weight is 408 g/mol.